The number of hydrogen-bond acceptors (Lipinski definition) is 5. The number of aliphatic hydroxyl groups is 2. The minimum absolute atomic E-state index is 0.173. The Morgan fingerprint density at radius 2 is 2.17 bits per heavy atom. The summed E-state index contributed by atoms with van der Waals surface area (Å²) in [5, 5.41) is 19.2. The molecule has 0 spiro atoms. The van der Waals surface area contributed by atoms with Crippen molar-refractivity contribution in [3.63, 3.8) is 0 Å². The molecule has 5 unspecified atom stereocenters. The Morgan fingerprint density at radius 3 is 2.83 bits per heavy atom. The van der Waals surface area contributed by atoms with Crippen LogP contribution in [0, 0.1) is 0 Å². The van der Waals surface area contributed by atoms with E-state index in [1.165, 1.54) is 18.9 Å². The van der Waals surface area contributed by atoms with Gasteiger partial charge < -0.3 is 19.7 Å². The molecule has 2 aliphatic rings. The third-order valence-electron chi connectivity index (χ3n) is 2.34. The normalized spacial score (nSPS) is 52.8. The van der Waals surface area contributed by atoms with E-state index in [1.54, 1.807) is 0 Å². The van der Waals surface area contributed by atoms with E-state index in [4.69, 9.17) is 9.47 Å². The Kier molecular flexibility index (Phi) is 2.31. The maximum atomic E-state index is 9.60. The largest absolute Gasteiger partial charge is 0.388 e. The Morgan fingerprint density at radius 1 is 1.42 bits per heavy atom. The van der Waals surface area contributed by atoms with Crippen molar-refractivity contribution in [1.82, 2.24) is 0 Å². The fraction of sp³-hybridized carbons (Fsp3) is 1.00. The smallest absolute Gasteiger partial charge is 0.132 e. The van der Waals surface area contributed by atoms with E-state index < -0.39 is 18.3 Å². The number of hydrogen-bond donors (Lipinski definition) is 2. The van der Waals surface area contributed by atoms with Crippen LogP contribution >= 0.6 is 11.8 Å². The summed E-state index contributed by atoms with van der Waals surface area (Å²) in [6, 6.07) is 0. The van der Waals surface area contributed by atoms with E-state index in [9.17, 15) is 10.2 Å². The number of methoxy groups -OCH3 is 1. The van der Waals surface area contributed by atoms with Gasteiger partial charge in [-0.05, 0) is 0 Å². The molecule has 0 aromatic carbocycles. The van der Waals surface area contributed by atoms with Crippen LogP contribution in [0.15, 0.2) is 0 Å². The first-order valence-corrected chi connectivity index (χ1v) is 4.95. The fourth-order valence-electron chi connectivity index (χ4n) is 1.65. The van der Waals surface area contributed by atoms with E-state index >= 15 is 0 Å². The molecule has 12 heavy (non-hydrogen) atoms. The van der Waals surface area contributed by atoms with Gasteiger partial charge in [0.25, 0.3) is 0 Å². The topological polar surface area (TPSA) is 58.9 Å². The number of rotatable bonds is 1. The molecule has 0 saturated carbocycles. The van der Waals surface area contributed by atoms with E-state index in [-0.39, 0.29) is 11.5 Å². The zero-order valence-corrected chi connectivity index (χ0v) is 7.53. The van der Waals surface area contributed by atoms with Crippen LogP contribution in [0.3, 0.4) is 0 Å². The van der Waals surface area contributed by atoms with Crippen molar-refractivity contribution >= 4 is 11.8 Å². The van der Waals surface area contributed by atoms with Gasteiger partial charge in [0.1, 0.15) is 23.7 Å². The van der Waals surface area contributed by atoms with Crippen molar-refractivity contribution in [2.45, 2.75) is 29.9 Å². The van der Waals surface area contributed by atoms with Crippen molar-refractivity contribution in [3.05, 3.63) is 0 Å². The Labute approximate surface area is 74.9 Å². The lowest BCUT2D eigenvalue weighted by Crippen LogP contribution is -2.54. The SMILES string of the molecule is COC1C(O)C2CSC(O2)C1O. The minimum atomic E-state index is -0.714. The molecule has 2 aliphatic heterocycles. The summed E-state index contributed by atoms with van der Waals surface area (Å²) >= 11 is 1.53. The van der Waals surface area contributed by atoms with Crippen molar-refractivity contribution in [3.8, 4) is 0 Å². The maximum absolute atomic E-state index is 9.60. The van der Waals surface area contributed by atoms with Gasteiger partial charge in [-0.3, -0.25) is 0 Å². The van der Waals surface area contributed by atoms with Crippen molar-refractivity contribution < 1.29 is 19.7 Å². The number of thioether (sulfide) groups is 1. The van der Waals surface area contributed by atoms with Crippen LogP contribution in [0.1, 0.15) is 0 Å². The van der Waals surface area contributed by atoms with Crippen LogP contribution in [-0.4, -0.2) is 52.9 Å². The molecule has 2 fully saturated rings. The lowest BCUT2D eigenvalue weighted by Gasteiger charge is -2.35. The molecular formula is C7H12O4S. The average Bonchev–Trinajstić information content (AvgIpc) is 2.48. The van der Waals surface area contributed by atoms with Gasteiger partial charge >= 0.3 is 0 Å². The van der Waals surface area contributed by atoms with Crippen LogP contribution in [0.4, 0.5) is 0 Å². The Hall–Kier alpha value is 0.190. The first-order chi connectivity index (χ1) is 5.74. The van der Waals surface area contributed by atoms with E-state index in [0.29, 0.717) is 0 Å². The third-order valence-corrected chi connectivity index (χ3v) is 3.58. The monoisotopic (exact) mass is 192 g/mol. The molecule has 2 heterocycles. The standard InChI is InChI=1S/C7H12O4S/c1-10-6-4(8)3-2-12-7(11-3)5(6)9/h3-9H,2H2,1H3. The Balaban J connectivity index is 2.14. The van der Waals surface area contributed by atoms with Gasteiger partial charge in [-0.15, -0.1) is 11.8 Å². The molecular weight excluding hydrogens is 180 g/mol. The van der Waals surface area contributed by atoms with Gasteiger partial charge in [0.15, 0.2) is 0 Å². The molecule has 2 saturated heterocycles. The number of ether oxygens (including phenoxy) is 2. The molecule has 70 valence electrons. The predicted octanol–water partition coefficient (Wildman–Crippen LogP) is -0.805. The van der Waals surface area contributed by atoms with Gasteiger partial charge in [-0.2, -0.15) is 0 Å². The third kappa shape index (κ3) is 1.16. The van der Waals surface area contributed by atoms with Crippen LogP contribution < -0.4 is 0 Å². The minimum Gasteiger partial charge on any atom is -0.388 e. The highest BCUT2D eigenvalue weighted by Gasteiger charge is 2.49. The second-order valence-electron chi connectivity index (χ2n) is 3.06. The van der Waals surface area contributed by atoms with Crippen LogP contribution in [0.5, 0.6) is 0 Å². The quantitative estimate of drug-likeness (QED) is 0.569. The molecule has 0 aromatic heterocycles. The maximum Gasteiger partial charge on any atom is 0.132 e. The molecule has 0 radical (unpaired) electrons. The van der Waals surface area contributed by atoms with Crippen molar-refractivity contribution in [1.29, 1.82) is 0 Å². The molecule has 2 rings (SSSR count). The van der Waals surface area contributed by atoms with Gasteiger partial charge in [0.05, 0.1) is 6.10 Å². The van der Waals surface area contributed by atoms with Gasteiger partial charge in [-0.1, -0.05) is 0 Å². The first kappa shape index (κ1) is 8.77. The summed E-state index contributed by atoms with van der Waals surface area (Å²) in [6.45, 7) is 0. The Bertz CT molecular complexity index is 161. The summed E-state index contributed by atoms with van der Waals surface area (Å²) in [5.74, 6) is 0.739. The molecule has 5 atom stereocenters. The summed E-state index contributed by atoms with van der Waals surface area (Å²) in [4.78, 5) is 0. The highest BCUT2D eigenvalue weighted by Crippen LogP contribution is 2.37. The van der Waals surface area contributed by atoms with Gasteiger partial charge in [0.2, 0.25) is 0 Å². The predicted molar refractivity (Wildman–Crippen MR) is 43.9 cm³/mol. The summed E-state index contributed by atoms with van der Waals surface area (Å²) in [6.07, 6.45) is -2.08. The van der Waals surface area contributed by atoms with Crippen molar-refractivity contribution in [2.24, 2.45) is 0 Å². The van der Waals surface area contributed by atoms with Crippen LogP contribution in [-0.2, 0) is 9.47 Å². The van der Waals surface area contributed by atoms with Crippen LogP contribution in [0.2, 0.25) is 0 Å². The molecule has 4 nitrogen and oxygen atoms in total. The highest BCUT2D eigenvalue weighted by atomic mass is 32.2. The van der Waals surface area contributed by atoms with E-state index in [1.807, 2.05) is 0 Å². The number of aliphatic hydroxyl groups excluding tert-OH is 2. The summed E-state index contributed by atoms with van der Waals surface area (Å²) < 4.78 is 10.3. The molecule has 0 amide bonds. The second-order valence-corrected chi connectivity index (χ2v) is 4.19. The molecule has 2 N–H and O–H groups in total. The lowest BCUT2D eigenvalue weighted by molar-refractivity contribution is -0.192. The van der Waals surface area contributed by atoms with Gasteiger partial charge in [0, 0.05) is 12.9 Å². The fourth-order valence-corrected chi connectivity index (χ4v) is 2.87. The lowest BCUT2D eigenvalue weighted by atomic mass is 10.0. The first-order valence-electron chi connectivity index (χ1n) is 3.90. The molecule has 5 heteroatoms. The van der Waals surface area contributed by atoms with Crippen LogP contribution in [0.25, 0.3) is 0 Å². The zero-order valence-electron chi connectivity index (χ0n) is 6.71. The average molecular weight is 192 g/mol. The number of fused-ring (bicyclic) bond motifs is 2. The highest BCUT2D eigenvalue weighted by molar-refractivity contribution is 8.00. The van der Waals surface area contributed by atoms with E-state index in [0.717, 1.165) is 5.75 Å². The van der Waals surface area contributed by atoms with E-state index in [2.05, 4.69) is 0 Å². The van der Waals surface area contributed by atoms with Gasteiger partial charge in [-0.25, -0.2) is 0 Å². The second kappa shape index (κ2) is 3.16. The summed E-state index contributed by atoms with van der Waals surface area (Å²) in [5.41, 5.74) is -0.219. The van der Waals surface area contributed by atoms with Crippen molar-refractivity contribution in [2.75, 3.05) is 12.9 Å². The molecule has 0 aromatic rings. The molecule has 0 aliphatic carbocycles. The molecule has 2 bridgehead atoms. The zero-order chi connectivity index (χ0) is 8.72. The summed E-state index contributed by atoms with van der Waals surface area (Å²) in [7, 11) is 1.49.